The Labute approximate surface area is 112 Å². The topological polar surface area (TPSA) is 93.7 Å². The van der Waals surface area contributed by atoms with Crippen molar-refractivity contribution in [3.63, 3.8) is 0 Å². The molecule has 0 amide bonds. The van der Waals surface area contributed by atoms with Crippen LogP contribution in [0.2, 0.25) is 0 Å². The van der Waals surface area contributed by atoms with Gasteiger partial charge in [-0.25, -0.2) is 4.98 Å². The fraction of sp³-hybridized carbons (Fsp3) is 0.417. The first-order chi connectivity index (χ1) is 9.17. The van der Waals surface area contributed by atoms with Gasteiger partial charge < -0.3 is 20.9 Å². The summed E-state index contributed by atoms with van der Waals surface area (Å²) in [5, 5.41) is 6.42. The number of nitrogens with two attached hydrogens (primary N) is 1. The molecule has 2 aromatic rings. The van der Waals surface area contributed by atoms with Crippen LogP contribution in [0.15, 0.2) is 24.8 Å². The van der Waals surface area contributed by atoms with E-state index in [9.17, 15) is 0 Å². The average Bonchev–Trinajstić information content (AvgIpc) is 2.81. The van der Waals surface area contributed by atoms with E-state index in [2.05, 4.69) is 32.5 Å². The molecule has 0 spiro atoms. The van der Waals surface area contributed by atoms with Crippen LogP contribution in [0, 0.1) is 0 Å². The number of aromatic nitrogens is 4. The second-order valence-corrected chi connectivity index (χ2v) is 4.33. The van der Waals surface area contributed by atoms with E-state index in [1.165, 1.54) is 0 Å². The number of hydrogen-bond acceptors (Lipinski definition) is 6. The highest BCUT2D eigenvalue weighted by molar-refractivity contribution is 5.51. The van der Waals surface area contributed by atoms with Gasteiger partial charge in [0, 0.05) is 37.6 Å². The molecular weight excluding hydrogens is 242 g/mol. The number of rotatable bonds is 6. The first-order valence-electron chi connectivity index (χ1n) is 6.28. The van der Waals surface area contributed by atoms with Gasteiger partial charge in [-0.1, -0.05) is 0 Å². The SMILES string of the molecule is CCNc1cc(NC(C)Cn2ccnc2)nc(N)n1. The lowest BCUT2D eigenvalue weighted by molar-refractivity contribution is 0.617. The van der Waals surface area contributed by atoms with Gasteiger partial charge in [-0.3, -0.25) is 0 Å². The number of nitrogens with zero attached hydrogens (tertiary/aromatic N) is 4. The molecule has 0 aliphatic heterocycles. The standard InChI is InChI=1S/C12H19N7/c1-3-15-10-6-11(18-12(13)17-10)16-9(2)7-19-5-4-14-8-19/h4-6,8-9H,3,7H2,1-2H3,(H4,13,15,16,17,18). The van der Waals surface area contributed by atoms with E-state index in [4.69, 9.17) is 5.73 Å². The molecule has 102 valence electrons. The highest BCUT2D eigenvalue weighted by Gasteiger charge is 2.06. The van der Waals surface area contributed by atoms with Crippen molar-refractivity contribution >= 4 is 17.6 Å². The smallest absolute Gasteiger partial charge is 0.223 e. The third-order valence-electron chi connectivity index (χ3n) is 2.54. The Hall–Kier alpha value is -2.31. The zero-order chi connectivity index (χ0) is 13.7. The van der Waals surface area contributed by atoms with Crippen molar-refractivity contribution in [3.8, 4) is 0 Å². The van der Waals surface area contributed by atoms with Crippen LogP contribution in [0.4, 0.5) is 17.6 Å². The fourth-order valence-electron chi connectivity index (χ4n) is 1.82. The summed E-state index contributed by atoms with van der Waals surface area (Å²) in [7, 11) is 0. The molecule has 1 unspecified atom stereocenters. The van der Waals surface area contributed by atoms with E-state index in [1.807, 2.05) is 23.8 Å². The summed E-state index contributed by atoms with van der Waals surface area (Å²) >= 11 is 0. The third kappa shape index (κ3) is 3.84. The summed E-state index contributed by atoms with van der Waals surface area (Å²) in [5.74, 6) is 1.71. The van der Waals surface area contributed by atoms with Crippen molar-refractivity contribution in [2.24, 2.45) is 0 Å². The zero-order valence-electron chi connectivity index (χ0n) is 11.2. The van der Waals surface area contributed by atoms with Crippen molar-refractivity contribution in [1.82, 2.24) is 19.5 Å². The van der Waals surface area contributed by atoms with Crippen molar-refractivity contribution in [3.05, 3.63) is 24.8 Å². The number of hydrogen-bond donors (Lipinski definition) is 3. The first-order valence-corrected chi connectivity index (χ1v) is 6.28. The van der Waals surface area contributed by atoms with Gasteiger partial charge in [0.1, 0.15) is 11.6 Å². The fourth-order valence-corrected chi connectivity index (χ4v) is 1.82. The van der Waals surface area contributed by atoms with E-state index in [1.54, 1.807) is 12.5 Å². The molecule has 0 aliphatic rings. The summed E-state index contributed by atoms with van der Waals surface area (Å²) in [4.78, 5) is 12.3. The van der Waals surface area contributed by atoms with Gasteiger partial charge >= 0.3 is 0 Å². The van der Waals surface area contributed by atoms with E-state index >= 15 is 0 Å². The van der Waals surface area contributed by atoms with Gasteiger partial charge in [-0.05, 0) is 13.8 Å². The predicted molar refractivity (Wildman–Crippen MR) is 75.9 cm³/mol. The maximum atomic E-state index is 5.68. The highest BCUT2D eigenvalue weighted by atomic mass is 15.1. The lowest BCUT2D eigenvalue weighted by Gasteiger charge is -2.16. The largest absolute Gasteiger partial charge is 0.370 e. The molecule has 0 aromatic carbocycles. The Bertz CT molecular complexity index is 509. The number of imidazole rings is 1. The number of nitrogens with one attached hydrogen (secondary N) is 2. The molecule has 2 heterocycles. The summed E-state index contributed by atoms with van der Waals surface area (Å²) < 4.78 is 2.01. The molecule has 0 bridgehead atoms. The zero-order valence-corrected chi connectivity index (χ0v) is 11.2. The molecule has 2 aromatic heterocycles. The van der Waals surface area contributed by atoms with Crippen LogP contribution in [-0.4, -0.2) is 32.1 Å². The molecule has 0 saturated carbocycles. The Morgan fingerprint density at radius 2 is 2.16 bits per heavy atom. The molecule has 0 fully saturated rings. The van der Waals surface area contributed by atoms with Crippen LogP contribution >= 0.6 is 0 Å². The van der Waals surface area contributed by atoms with Gasteiger partial charge in [0.25, 0.3) is 0 Å². The Kier molecular flexibility index (Phi) is 4.17. The summed E-state index contributed by atoms with van der Waals surface area (Å²) in [5.41, 5.74) is 5.68. The maximum Gasteiger partial charge on any atom is 0.223 e. The van der Waals surface area contributed by atoms with Crippen LogP contribution in [0.3, 0.4) is 0 Å². The van der Waals surface area contributed by atoms with E-state index in [-0.39, 0.29) is 12.0 Å². The number of nitrogen functional groups attached to an aromatic ring is 1. The van der Waals surface area contributed by atoms with Gasteiger partial charge in [-0.2, -0.15) is 9.97 Å². The molecule has 7 heteroatoms. The van der Waals surface area contributed by atoms with Crippen molar-refractivity contribution in [2.75, 3.05) is 22.9 Å². The van der Waals surface area contributed by atoms with E-state index < -0.39 is 0 Å². The molecule has 0 radical (unpaired) electrons. The monoisotopic (exact) mass is 261 g/mol. The average molecular weight is 261 g/mol. The second-order valence-electron chi connectivity index (χ2n) is 4.33. The van der Waals surface area contributed by atoms with Gasteiger partial charge in [0.2, 0.25) is 5.95 Å². The molecule has 4 N–H and O–H groups in total. The summed E-state index contributed by atoms with van der Waals surface area (Å²) in [6.45, 7) is 5.68. The quantitative estimate of drug-likeness (QED) is 0.723. The van der Waals surface area contributed by atoms with Crippen molar-refractivity contribution < 1.29 is 0 Å². The molecule has 0 aliphatic carbocycles. The molecule has 2 rings (SSSR count). The van der Waals surface area contributed by atoms with Gasteiger partial charge in [-0.15, -0.1) is 0 Å². The Morgan fingerprint density at radius 3 is 2.84 bits per heavy atom. The lowest BCUT2D eigenvalue weighted by Crippen LogP contribution is -2.22. The summed E-state index contributed by atoms with van der Waals surface area (Å²) in [6, 6.07) is 2.06. The van der Waals surface area contributed by atoms with Crippen LogP contribution in [-0.2, 0) is 6.54 Å². The van der Waals surface area contributed by atoms with Crippen LogP contribution in [0.25, 0.3) is 0 Å². The van der Waals surface area contributed by atoms with Gasteiger partial charge in [0.05, 0.1) is 6.33 Å². The highest BCUT2D eigenvalue weighted by Crippen LogP contribution is 2.13. The minimum atomic E-state index is 0.206. The predicted octanol–water partition coefficient (Wildman–Crippen LogP) is 1.19. The van der Waals surface area contributed by atoms with E-state index in [0.717, 1.165) is 24.7 Å². The molecule has 7 nitrogen and oxygen atoms in total. The van der Waals surface area contributed by atoms with E-state index in [0.29, 0.717) is 0 Å². The minimum Gasteiger partial charge on any atom is -0.370 e. The van der Waals surface area contributed by atoms with Crippen molar-refractivity contribution in [1.29, 1.82) is 0 Å². The maximum absolute atomic E-state index is 5.68. The molecular formula is C12H19N7. The van der Waals surface area contributed by atoms with Gasteiger partial charge in [0.15, 0.2) is 0 Å². The number of anilines is 3. The first kappa shape index (κ1) is 13.1. The summed E-state index contributed by atoms with van der Waals surface area (Å²) in [6.07, 6.45) is 5.48. The lowest BCUT2D eigenvalue weighted by atomic mass is 10.3. The normalized spacial score (nSPS) is 12.1. The Morgan fingerprint density at radius 1 is 1.37 bits per heavy atom. The van der Waals surface area contributed by atoms with Crippen LogP contribution < -0.4 is 16.4 Å². The third-order valence-corrected chi connectivity index (χ3v) is 2.54. The second kappa shape index (κ2) is 6.03. The minimum absolute atomic E-state index is 0.206. The molecule has 0 saturated heterocycles. The van der Waals surface area contributed by atoms with Crippen LogP contribution in [0.1, 0.15) is 13.8 Å². The van der Waals surface area contributed by atoms with Crippen molar-refractivity contribution in [2.45, 2.75) is 26.4 Å². The molecule has 1 atom stereocenters. The van der Waals surface area contributed by atoms with Crippen LogP contribution in [0.5, 0.6) is 0 Å². The Balaban J connectivity index is 2.01. The molecule has 19 heavy (non-hydrogen) atoms.